The molecular formula is C23H23N3O4. The summed E-state index contributed by atoms with van der Waals surface area (Å²) in [5.41, 5.74) is 1.80. The van der Waals surface area contributed by atoms with Gasteiger partial charge in [0.15, 0.2) is 0 Å². The van der Waals surface area contributed by atoms with Crippen molar-refractivity contribution in [2.75, 3.05) is 12.4 Å². The van der Waals surface area contributed by atoms with Gasteiger partial charge in [-0.05, 0) is 43.2 Å². The Balaban J connectivity index is 1.47. The van der Waals surface area contributed by atoms with Crippen LogP contribution in [0.15, 0.2) is 47.0 Å². The second-order valence-corrected chi connectivity index (χ2v) is 7.86. The first-order valence-electron chi connectivity index (χ1n) is 9.67. The van der Waals surface area contributed by atoms with Gasteiger partial charge in [0, 0.05) is 36.7 Å². The highest BCUT2D eigenvalue weighted by Gasteiger charge is 2.36. The highest BCUT2D eigenvalue weighted by Crippen LogP contribution is 2.27. The van der Waals surface area contributed by atoms with Gasteiger partial charge in [-0.15, -0.1) is 0 Å². The normalized spacial score (nSPS) is 18.5. The Morgan fingerprint density at radius 2 is 2.17 bits per heavy atom. The molecule has 0 saturated carbocycles. The minimum atomic E-state index is -1.47. The number of pyridine rings is 1. The third-order valence-corrected chi connectivity index (χ3v) is 5.36. The Morgan fingerprint density at radius 3 is 2.93 bits per heavy atom. The SMILES string of the molecule is Cc1c(CN(C)C(=O)/C=C/c2cnc3c(c2)CC(C)(O)C(=O)N3)oc2ccccc12. The van der Waals surface area contributed by atoms with Crippen LogP contribution in [0.5, 0.6) is 0 Å². The Morgan fingerprint density at radius 1 is 1.40 bits per heavy atom. The first-order chi connectivity index (χ1) is 14.2. The molecule has 2 amide bonds. The molecule has 1 aromatic carbocycles. The van der Waals surface area contributed by atoms with Crippen LogP contribution in [0.4, 0.5) is 5.82 Å². The van der Waals surface area contributed by atoms with Crippen molar-refractivity contribution in [3.8, 4) is 0 Å². The van der Waals surface area contributed by atoms with E-state index in [2.05, 4.69) is 10.3 Å². The number of fused-ring (bicyclic) bond motifs is 2. The first-order valence-corrected chi connectivity index (χ1v) is 9.67. The number of nitrogens with zero attached hydrogens (tertiary/aromatic N) is 2. The number of hydrogen-bond acceptors (Lipinski definition) is 5. The summed E-state index contributed by atoms with van der Waals surface area (Å²) in [4.78, 5) is 30.2. The molecule has 3 heterocycles. The average Bonchev–Trinajstić information content (AvgIpc) is 3.02. The predicted molar refractivity (Wildman–Crippen MR) is 114 cm³/mol. The molecule has 1 aliphatic rings. The van der Waals surface area contributed by atoms with Crippen LogP contribution in [0.2, 0.25) is 0 Å². The van der Waals surface area contributed by atoms with E-state index in [0.29, 0.717) is 17.9 Å². The second-order valence-electron chi connectivity index (χ2n) is 7.86. The van der Waals surface area contributed by atoms with Crippen LogP contribution in [-0.4, -0.2) is 39.5 Å². The molecule has 30 heavy (non-hydrogen) atoms. The number of amides is 2. The molecule has 7 nitrogen and oxygen atoms in total. The number of nitrogens with one attached hydrogen (secondary N) is 1. The van der Waals surface area contributed by atoms with Gasteiger partial charge in [0.1, 0.15) is 22.8 Å². The van der Waals surface area contributed by atoms with Gasteiger partial charge in [-0.1, -0.05) is 18.2 Å². The Labute approximate surface area is 174 Å². The van der Waals surface area contributed by atoms with E-state index < -0.39 is 11.5 Å². The molecule has 1 unspecified atom stereocenters. The van der Waals surface area contributed by atoms with Crippen molar-refractivity contribution in [2.24, 2.45) is 0 Å². The van der Waals surface area contributed by atoms with Crippen LogP contribution in [-0.2, 0) is 22.6 Å². The number of rotatable bonds is 4. The quantitative estimate of drug-likeness (QED) is 0.651. The lowest BCUT2D eigenvalue weighted by Crippen LogP contribution is -2.45. The minimum Gasteiger partial charge on any atom is -0.459 e. The van der Waals surface area contributed by atoms with Crippen LogP contribution in [0.1, 0.15) is 29.4 Å². The van der Waals surface area contributed by atoms with E-state index >= 15 is 0 Å². The molecule has 154 valence electrons. The molecule has 0 saturated heterocycles. The van der Waals surface area contributed by atoms with Gasteiger partial charge in [0.2, 0.25) is 5.91 Å². The van der Waals surface area contributed by atoms with Crippen LogP contribution >= 0.6 is 0 Å². The number of aromatic nitrogens is 1. The molecule has 4 rings (SSSR count). The number of hydrogen-bond donors (Lipinski definition) is 2. The third kappa shape index (κ3) is 3.71. The predicted octanol–water partition coefficient (Wildman–Crippen LogP) is 3.05. The Kier molecular flexibility index (Phi) is 4.91. The van der Waals surface area contributed by atoms with Gasteiger partial charge < -0.3 is 19.7 Å². The summed E-state index contributed by atoms with van der Waals surface area (Å²) in [6, 6.07) is 9.61. The number of anilines is 1. The number of aliphatic hydroxyl groups is 1. The molecule has 2 N–H and O–H groups in total. The lowest BCUT2D eigenvalue weighted by atomic mass is 9.92. The van der Waals surface area contributed by atoms with E-state index in [1.54, 1.807) is 24.2 Å². The summed E-state index contributed by atoms with van der Waals surface area (Å²) in [5, 5.41) is 13.8. The Bertz CT molecular complexity index is 1180. The largest absolute Gasteiger partial charge is 0.459 e. The summed E-state index contributed by atoms with van der Waals surface area (Å²) in [7, 11) is 1.72. The van der Waals surface area contributed by atoms with Crippen molar-refractivity contribution in [3.63, 3.8) is 0 Å². The van der Waals surface area contributed by atoms with Gasteiger partial charge in [-0.25, -0.2) is 4.98 Å². The lowest BCUT2D eigenvalue weighted by Gasteiger charge is -2.28. The zero-order valence-electron chi connectivity index (χ0n) is 17.1. The summed E-state index contributed by atoms with van der Waals surface area (Å²) in [5.74, 6) is 0.553. The number of carbonyl (C=O) groups is 2. The van der Waals surface area contributed by atoms with E-state index in [0.717, 1.165) is 27.9 Å². The van der Waals surface area contributed by atoms with Gasteiger partial charge in [0.05, 0.1) is 6.54 Å². The standard InChI is InChI=1S/C23H23N3O4/c1-14-17-6-4-5-7-18(17)30-19(14)13-26(3)20(27)9-8-15-10-16-11-23(2,29)22(28)25-21(16)24-12-15/h4-10,12,29H,11,13H2,1-3H3,(H,24,25,28)/b9-8+. The monoisotopic (exact) mass is 405 g/mol. The van der Waals surface area contributed by atoms with Gasteiger partial charge >= 0.3 is 0 Å². The lowest BCUT2D eigenvalue weighted by molar-refractivity contribution is -0.132. The van der Waals surface area contributed by atoms with Crippen molar-refractivity contribution in [1.82, 2.24) is 9.88 Å². The van der Waals surface area contributed by atoms with E-state index in [-0.39, 0.29) is 12.3 Å². The van der Waals surface area contributed by atoms with Gasteiger partial charge in [0.25, 0.3) is 5.91 Å². The topological polar surface area (TPSA) is 95.7 Å². The summed E-state index contributed by atoms with van der Waals surface area (Å²) >= 11 is 0. The van der Waals surface area contributed by atoms with Crippen molar-refractivity contribution in [1.29, 1.82) is 0 Å². The number of carbonyl (C=O) groups excluding carboxylic acids is 2. The molecule has 0 fully saturated rings. The fourth-order valence-corrected chi connectivity index (χ4v) is 3.52. The van der Waals surface area contributed by atoms with Crippen molar-refractivity contribution < 1.29 is 19.1 Å². The van der Waals surface area contributed by atoms with Crippen LogP contribution in [0, 0.1) is 6.92 Å². The fraction of sp³-hybridized carbons (Fsp3) is 0.261. The van der Waals surface area contributed by atoms with Crippen LogP contribution in [0.3, 0.4) is 0 Å². The Hall–Kier alpha value is -3.45. The van der Waals surface area contributed by atoms with Gasteiger partial charge in [-0.2, -0.15) is 0 Å². The number of aryl methyl sites for hydroxylation is 1. The molecule has 0 radical (unpaired) electrons. The highest BCUT2D eigenvalue weighted by atomic mass is 16.3. The fourth-order valence-electron chi connectivity index (χ4n) is 3.52. The summed E-state index contributed by atoms with van der Waals surface area (Å²) < 4.78 is 5.89. The van der Waals surface area contributed by atoms with E-state index in [1.807, 2.05) is 37.3 Å². The van der Waals surface area contributed by atoms with Crippen molar-refractivity contribution in [3.05, 3.63) is 65.1 Å². The molecule has 1 aliphatic heterocycles. The molecule has 7 heteroatoms. The maximum Gasteiger partial charge on any atom is 0.257 e. The second kappa shape index (κ2) is 7.42. The number of para-hydroxylation sites is 1. The zero-order chi connectivity index (χ0) is 21.5. The van der Waals surface area contributed by atoms with E-state index in [9.17, 15) is 14.7 Å². The minimum absolute atomic E-state index is 0.169. The maximum absolute atomic E-state index is 12.6. The number of benzene rings is 1. The van der Waals surface area contributed by atoms with E-state index in [4.69, 9.17) is 4.42 Å². The average molecular weight is 405 g/mol. The van der Waals surface area contributed by atoms with Crippen molar-refractivity contribution in [2.45, 2.75) is 32.4 Å². The van der Waals surface area contributed by atoms with Crippen molar-refractivity contribution >= 4 is 34.7 Å². The molecule has 0 aliphatic carbocycles. The van der Waals surface area contributed by atoms with Gasteiger partial charge in [-0.3, -0.25) is 9.59 Å². The smallest absolute Gasteiger partial charge is 0.257 e. The first kappa shape index (κ1) is 19.8. The molecule has 1 atom stereocenters. The van der Waals surface area contributed by atoms with E-state index in [1.165, 1.54) is 13.0 Å². The maximum atomic E-state index is 12.6. The summed E-state index contributed by atoms with van der Waals surface area (Å²) in [6.07, 6.45) is 4.89. The molecular weight excluding hydrogens is 382 g/mol. The number of furan rings is 1. The number of likely N-dealkylation sites (N-methyl/N-ethyl adjacent to an activating group) is 1. The van der Waals surface area contributed by atoms with Crippen LogP contribution < -0.4 is 5.32 Å². The summed E-state index contributed by atoms with van der Waals surface area (Å²) in [6.45, 7) is 3.81. The molecule has 3 aromatic rings. The molecule has 2 aromatic heterocycles. The van der Waals surface area contributed by atoms with Crippen LogP contribution in [0.25, 0.3) is 17.0 Å². The highest BCUT2D eigenvalue weighted by molar-refractivity contribution is 5.99. The molecule has 0 spiro atoms. The third-order valence-electron chi connectivity index (χ3n) is 5.36. The molecule has 0 bridgehead atoms. The zero-order valence-corrected chi connectivity index (χ0v) is 17.1.